The lowest BCUT2D eigenvalue weighted by molar-refractivity contribution is 0.0946. The molecule has 0 saturated carbocycles. The first-order valence-corrected chi connectivity index (χ1v) is 8.72. The van der Waals surface area contributed by atoms with Gasteiger partial charge in [0, 0.05) is 17.4 Å². The predicted octanol–water partition coefficient (Wildman–Crippen LogP) is 3.33. The molecule has 1 fully saturated rings. The van der Waals surface area contributed by atoms with E-state index >= 15 is 0 Å². The van der Waals surface area contributed by atoms with Gasteiger partial charge in [-0.1, -0.05) is 18.6 Å². The van der Waals surface area contributed by atoms with Crippen molar-refractivity contribution < 1.29 is 4.79 Å². The van der Waals surface area contributed by atoms with E-state index in [2.05, 4.69) is 41.2 Å². The summed E-state index contributed by atoms with van der Waals surface area (Å²) < 4.78 is 0. The topological polar surface area (TPSA) is 48.1 Å². The Morgan fingerprint density at radius 3 is 2.87 bits per heavy atom. The standard InChI is InChI=1S/C19H27N3O/c1-14-6-10-22(11-7-14)9-3-8-20-19(23)18-13-16-12-15(2)4-5-17(16)21-18/h4-5,12-14,21H,3,6-11H2,1-2H3,(H,20,23). The van der Waals surface area contributed by atoms with Gasteiger partial charge >= 0.3 is 0 Å². The van der Waals surface area contributed by atoms with E-state index in [1.165, 1.54) is 31.5 Å². The Hall–Kier alpha value is -1.81. The van der Waals surface area contributed by atoms with Crippen molar-refractivity contribution in [3.8, 4) is 0 Å². The number of hydrogen-bond acceptors (Lipinski definition) is 2. The van der Waals surface area contributed by atoms with Crippen molar-refractivity contribution in [3.63, 3.8) is 0 Å². The first-order valence-electron chi connectivity index (χ1n) is 8.72. The van der Waals surface area contributed by atoms with Crippen molar-refractivity contribution in [2.24, 2.45) is 5.92 Å². The Morgan fingerprint density at radius 1 is 1.30 bits per heavy atom. The maximum absolute atomic E-state index is 12.2. The zero-order chi connectivity index (χ0) is 16.2. The number of H-pyrrole nitrogens is 1. The largest absolute Gasteiger partial charge is 0.351 e. The highest BCUT2D eigenvalue weighted by atomic mass is 16.1. The number of rotatable bonds is 5. The van der Waals surface area contributed by atoms with Gasteiger partial charge in [0.25, 0.3) is 5.91 Å². The molecule has 1 aromatic heterocycles. The molecule has 3 rings (SSSR count). The van der Waals surface area contributed by atoms with Gasteiger partial charge in [-0.25, -0.2) is 0 Å². The minimum Gasteiger partial charge on any atom is -0.351 e. The van der Waals surface area contributed by atoms with E-state index < -0.39 is 0 Å². The molecule has 2 N–H and O–H groups in total. The average molecular weight is 313 g/mol. The zero-order valence-corrected chi connectivity index (χ0v) is 14.2. The van der Waals surface area contributed by atoms with E-state index in [1.54, 1.807) is 0 Å². The molecule has 0 bridgehead atoms. The third-order valence-electron chi connectivity index (χ3n) is 4.83. The number of aryl methyl sites for hydroxylation is 1. The Bertz CT molecular complexity index is 668. The first-order chi connectivity index (χ1) is 11.1. The van der Waals surface area contributed by atoms with Crippen LogP contribution in [0.4, 0.5) is 0 Å². The average Bonchev–Trinajstić information content (AvgIpc) is 2.96. The number of amides is 1. The summed E-state index contributed by atoms with van der Waals surface area (Å²) in [5.74, 6) is 0.864. The summed E-state index contributed by atoms with van der Waals surface area (Å²) in [5, 5.41) is 4.12. The molecule has 23 heavy (non-hydrogen) atoms. The molecule has 4 heteroatoms. The Morgan fingerprint density at radius 2 is 2.09 bits per heavy atom. The SMILES string of the molecule is Cc1ccc2[nH]c(C(=O)NCCCN3CCC(C)CC3)cc2c1. The van der Waals surface area contributed by atoms with Crippen LogP contribution in [0.3, 0.4) is 0 Å². The Labute approximate surface area is 138 Å². The summed E-state index contributed by atoms with van der Waals surface area (Å²) in [5.41, 5.74) is 2.87. The summed E-state index contributed by atoms with van der Waals surface area (Å²) in [6.07, 6.45) is 3.63. The minimum atomic E-state index is -0.00822. The van der Waals surface area contributed by atoms with E-state index in [-0.39, 0.29) is 5.91 Å². The van der Waals surface area contributed by atoms with Gasteiger partial charge in [0.05, 0.1) is 0 Å². The number of nitrogens with zero attached hydrogens (tertiary/aromatic N) is 1. The van der Waals surface area contributed by atoms with E-state index in [4.69, 9.17) is 0 Å². The molecule has 124 valence electrons. The number of carbonyl (C=O) groups is 1. The fourth-order valence-electron chi connectivity index (χ4n) is 3.26. The Kier molecular flexibility index (Phi) is 5.01. The number of nitrogens with one attached hydrogen (secondary N) is 2. The van der Waals surface area contributed by atoms with Crippen molar-refractivity contribution in [2.45, 2.75) is 33.1 Å². The zero-order valence-electron chi connectivity index (χ0n) is 14.2. The van der Waals surface area contributed by atoms with E-state index in [0.717, 1.165) is 36.3 Å². The monoisotopic (exact) mass is 313 g/mol. The summed E-state index contributed by atoms with van der Waals surface area (Å²) in [6, 6.07) is 8.11. The highest BCUT2D eigenvalue weighted by molar-refractivity contribution is 5.98. The minimum absolute atomic E-state index is 0.00822. The van der Waals surface area contributed by atoms with Crippen molar-refractivity contribution in [1.82, 2.24) is 15.2 Å². The van der Waals surface area contributed by atoms with Crippen LogP contribution in [0.25, 0.3) is 10.9 Å². The molecule has 1 aliphatic heterocycles. The number of aromatic nitrogens is 1. The van der Waals surface area contributed by atoms with Gasteiger partial charge in [0.2, 0.25) is 0 Å². The molecule has 0 unspecified atom stereocenters. The van der Waals surface area contributed by atoms with Crippen LogP contribution < -0.4 is 5.32 Å². The van der Waals surface area contributed by atoms with Crippen LogP contribution in [-0.2, 0) is 0 Å². The van der Waals surface area contributed by atoms with Gasteiger partial charge in [-0.15, -0.1) is 0 Å². The number of fused-ring (bicyclic) bond motifs is 1. The highest BCUT2D eigenvalue weighted by Crippen LogP contribution is 2.17. The van der Waals surface area contributed by atoms with Crippen LogP contribution in [0.5, 0.6) is 0 Å². The fraction of sp³-hybridized carbons (Fsp3) is 0.526. The summed E-state index contributed by atoms with van der Waals surface area (Å²) in [6.45, 7) is 8.62. The molecule has 4 nitrogen and oxygen atoms in total. The van der Waals surface area contributed by atoms with E-state index in [1.807, 2.05) is 12.1 Å². The van der Waals surface area contributed by atoms with E-state index in [9.17, 15) is 4.79 Å². The molecule has 1 aromatic carbocycles. The van der Waals surface area contributed by atoms with Crippen molar-refractivity contribution in [1.29, 1.82) is 0 Å². The lowest BCUT2D eigenvalue weighted by Gasteiger charge is -2.30. The number of piperidine rings is 1. The maximum Gasteiger partial charge on any atom is 0.267 e. The smallest absolute Gasteiger partial charge is 0.267 e. The van der Waals surface area contributed by atoms with Gasteiger partial charge < -0.3 is 15.2 Å². The summed E-state index contributed by atoms with van der Waals surface area (Å²) in [7, 11) is 0. The van der Waals surface area contributed by atoms with Gasteiger partial charge in [-0.2, -0.15) is 0 Å². The number of hydrogen-bond donors (Lipinski definition) is 2. The lowest BCUT2D eigenvalue weighted by atomic mass is 9.99. The third-order valence-corrected chi connectivity index (χ3v) is 4.83. The van der Waals surface area contributed by atoms with Crippen LogP contribution >= 0.6 is 0 Å². The molecular formula is C19H27N3O. The molecule has 1 amide bonds. The fourth-order valence-corrected chi connectivity index (χ4v) is 3.26. The van der Waals surface area contributed by atoms with Gasteiger partial charge in [0.15, 0.2) is 0 Å². The quantitative estimate of drug-likeness (QED) is 0.832. The number of likely N-dealkylation sites (tertiary alicyclic amines) is 1. The summed E-state index contributed by atoms with van der Waals surface area (Å²) >= 11 is 0. The summed E-state index contributed by atoms with van der Waals surface area (Å²) in [4.78, 5) is 17.9. The van der Waals surface area contributed by atoms with Crippen molar-refractivity contribution in [2.75, 3.05) is 26.2 Å². The van der Waals surface area contributed by atoms with Crippen LogP contribution in [-0.4, -0.2) is 42.0 Å². The van der Waals surface area contributed by atoms with Crippen LogP contribution in [0.1, 0.15) is 42.2 Å². The van der Waals surface area contributed by atoms with Crippen LogP contribution in [0.15, 0.2) is 24.3 Å². The molecule has 0 atom stereocenters. The van der Waals surface area contributed by atoms with Crippen LogP contribution in [0, 0.1) is 12.8 Å². The molecule has 1 aliphatic rings. The lowest BCUT2D eigenvalue weighted by Crippen LogP contribution is -2.35. The van der Waals surface area contributed by atoms with E-state index in [0.29, 0.717) is 5.69 Å². The number of aromatic amines is 1. The Balaban J connectivity index is 1.45. The molecule has 0 spiro atoms. The molecule has 0 radical (unpaired) electrons. The molecule has 2 aromatic rings. The van der Waals surface area contributed by atoms with Crippen molar-refractivity contribution >= 4 is 16.8 Å². The van der Waals surface area contributed by atoms with Gasteiger partial charge in [-0.05, 0) is 69.9 Å². The maximum atomic E-state index is 12.2. The van der Waals surface area contributed by atoms with Gasteiger partial charge in [0.1, 0.15) is 5.69 Å². The normalized spacial score (nSPS) is 16.8. The second-order valence-electron chi connectivity index (χ2n) is 6.91. The second kappa shape index (κ2) is 7.18. The highest BCUT2D eigenvalue weighted by Gasteiger charge is 2.15. The van der Waals surface area contributed by atoms with Crippen LogP contribution in [0.2, 0.25) is 0 Å². The molecule has 1 saturated heterocycles. The van der Waals surface area contributed by atoms with Gasteiger partial charge in [-0.3, -0.25) is 4.79 Å². The number of benzene rings is 1. The molecular weight excluding hydrogens is 286 g/mol. The predicted molar refractivity (Wildman–Crippen MR) is 94.8 cm³/mol. The molecule has 0 aliphatic carbocycles. The first kappa shape index (κ1) is 16.1. The number of carbonyl (C=O) groups excluding carboxylic acids is 1. The van der Waals surface area contributed by atoms with Crippen molar-refractivity contribution in [3.05, 3.63) is 35.5 Å². The second-order valence-corrected chi connectivity index (χ2v) is 6.91. The third kappa shape index (κ3) is 4.14. The molecule has 2 heterocycles.